The van der Waals surface area contributed by atoms with Gasteiger partial charge in [0.05, 0.1) is 24.0 Å². The number of nitrogens with zero attached hydrogens (tertiary/aromatic N) is 7. The van der Waals surface area contributed by atoms with Crippen LogP contribution in [-0.4, -0.2) is 86.4 Å². The molecule has 14 heteroatoms. The molecule has 0 unspecified atom stereocenters. The first-order chi connectivity index (χ1) is 21.9. The molecule has 244 valence electrons. The van der Waals surface area contributed by atoms with Crippen LogP contribution in [0.1, 0.15) is 57.8 Å². The maximum atomic E-state index is 14.7. The molecule has 1 aromatic carbocycles. The molecule has 1 amide bonds. The van der Waals surface area contributed by atoms with Crippen molar-refractivity contribution < 1.29 is 32.0 Å². The van der Waals surface area contributed by atoms with E-state index in [0.717, 1.165) is 12.1 Å². The van der Waals surface area contributed by atoms with Crippen LogP contribution >= 0.6 is 0 Å². The van der Waals surface area contributed by atoms with Gasteiger partial charge in [0, 0.05) is 43.6 Å². The summed E-state index contributed by atoms with van der Waals surface area (Å²) in [6, 6.07) is 6.62. The fourth-order valence-electron chi connectivity index (χ4n) is 6.18. The topological polar surface area (TPSA) is 130 Å². The Hall–Kier alpha value is -4.51. The van der Waals surface area contributed by atoms with E-state index in [9.17, 15) is 23.2 Å². The highest BCUT2D eigenvalue weighted by atomic mass is 19.1. The SMILES string of the molecule is C=CC(=O)N1CC[C@H](Oc2cc(O[C@@H](C)[C@@H]3C[C@@H](F)CN3C)nc(-c3nc(C(C)(C)c4c(F)cccc4F)no3)n2)C[C@H]1CC#N. The number of hydrogen-bond acceptors (Lipinski definition) is 10. The molecule has 46 heavy (non-hydrogen) atoms. The lowest BCUT2D eigenvalue weighted by Gasteiger charge is -2.37. The molecule has 3 aromatic rings. The molecule has 0 N–H and O–H groups in total. The van der Waals surface area contributed by atoms with E-state index in [4.69, 9.17) is 14.0 Å². The molecule has 11 nitrogen and oxygen atoms in total. The van der Waals surface area contributed by atoms with E-state index in [1.807, 2.05) is 18.9 Å². The minimum Gasteiger partial charge on any atom is -0.474 e. The number of likely N-dealkylation sites (N-methyl/N-ethyl adjacent to an activating group) is 1. The minimum atomic E-state index is -1.32. The third kappa shape index (κ3) is 6.84. The molecule has 0 radical (unpaired) electrons. The summed E-state index contributed by atoms with van der Waals surface area (Å²) in [4.78, 5) is 29.2. The average Bonchev–Trinajstić information content (AvgIpc) is 3.64. The number of carbonyl (C=O) groups is 1. The Labute approximate surface area is 265 Å². The number of likely N-dealkylation sites (tertiary alicyclic amines) is 2. The van der Waals surface area contributed by atoms with E-state index in [1.165, 1.54) is 18.2 Å². The van der Waals surface area contributed by atoms with Gasteiger partial charge in [-0.15, -0.1) is 0 Å². The minimum absolute atomic E-state index is 0.00238. The zero-order chi connectivity index (χ0) is 33.2. The van der Waals surface area contributed by atoms with E-state index in [2.05, 4.69) is 32.8 Å². The summed E-state index contributed by atoms with van der Waals surface area (Å²) in [6.45, 7) is 9.15. The van der Waals surface area contributed by atoms with Gasteiger partial charge in [-0.25, -0.2) is 13.2 Å². The smallest absolute Gasteiger partial charge is 0.296 e. The molecule has 4 heterocycles. The van der Waals surface area contributed by atoms with Crippen LogP contribution in [0.3, 0.4) is 0 Å². The Bertz CT molecular complexity index is 1610. The Balaban J connectivity index is 1.46. The van der Waals surface area contributed by atoms with E-state index >= 15 is 0 Å². The van der Waals surface area contributed by atoms with Crippen molar-refractivity contribution in [1.82, 2.24) is 29.9 Å². The number of nitriles is 1. The molecule has 2 aliphatic heterocycles. The zero-order valence-corrected chi connectivity index (χ0v) is 26.1. The molecule has 2 saturated heterocycles. The van der Waals surface area contributed by atoms with Gasteiger partial charge in [-0.05, 0) is 52.4 Å². The van der Waals surface area contributed by atoms with E-state index < -0.39 is 35.4 Å². The second kappa shape index (κ2) is 13.5. The fourth-order valence-corrected chi connectivity index (χ4v) is 6.18. The highest BCUT2D eigenvalue weighted by molar-refractivity contribution is 5.87. The van der Waals surface area contributed by atoms with Gasteiger partial charge in [0.15, 0.2) is 5.82 Å². The number of benzene rings is 1. The maximum Gasteiger partial charge on any atom is 0.296 e. The van der Waals surface area contributed by atoms with Gasteiger partial charge >= 0.3 is 0 Å². The molecular weight excluding hydrogens is 603 g/mol. The molecule has 5 atom stereocenters. The highest BCUT2D eigenvalue weighted by Crippen LogP contribution is 2.35. The van der Waals surface area contributed by atoms with Crippen LogP contribution in [0.15, 0.2) is 41.4 Å². The first-order valence-corrected chi connectivity index (χ1v) is 15.1. The van der Waals surface area contributed by atoms with Crippen molar-refractivity contribution in [3.05, 3.63) is 59.9 Å². The van der Waals surface area contributed by atoms with E-state index in [0.29, 0.717) is 32.4 Å². The summed E-state index contributed by atoms with van der Waals surface area (Å²) < 4.78 is 61.4. The molecule has 0 saturated carbocycles. The van der Waals surface area contributed by atoms with Gasteiger partial charge in [0.25, 0.3) is 5.89 Å². The number of piperidine rings is 1. The first kappa shape index (κ1) is 32.9. The van der Waals surface area contributed by atoms with Crippen LogP contribution in [-0.2, 0) is 10.2 Å². The lowest BCUT2D eigenvalue weighted by molar-refractivity contribution is -0.130. The largest absolute Gasteiger partial charge is 0.474 e. The molecule has 2 aliphatic rings. The van der Waals surface area contributed by atoms with Gasteiger partial charge in [-0.2, -0.15) is 20.2 Å². The summed E-state index contributed by atoms with van der Waals surface area (Å²) in [5, 5.41) is 13.4. The van der Waals surface area contributed by atoms with Crippen molar-refractivity contribution in [3.63, 3.8) is 0 Å². The van der Waals surface area contributed by atoms with E-state index in [1.54, 1.807) is 18.7 Å². The van der Waals surface area contributed by atoms with Crippen LogP contribution in [0.4, 0.5) is 13.2 Å². The number of rotatable bonds is 10. The Morgan fingerprint density at radius 3 is 2.61 bits per heavy atom. The average molecular weight is 640 g/mol. The first-order valence-electron chi connectivity index (χ1n) is 15.1. The van der Waals surface area contributed by atoms with Crippen molar-refractivity contribution in [1.29, 1.82) is 5.26 Å². The summed E-state index contributed by atoms with van der Waals surface area (Å²) >= 11 is 0. The molecule has 2 aromatic heterocycles. The van der Waals surface area contributed by atoms with Gasteiger partial charge < -0.3 is 18.9 Å². The number of ether oxygens (including phenoxy) is 2. The number of aromatic nitrogens is 4. The number of hydrogen-bond donors (Lipinski definition) is 0. The van der Waals surface area contributed by atoms with Crippen molar-refractivity contribution in [3.8, 4) is 29.5 Å². The second-order valence-corrected chi connectivity index (χ2v) is 12.2. The van der Waals surface area contributed by atoms with Gasteiger partial charge in [-0.1, -0.05) is 17.8 Å². The number of alkyl halides is 1. The summed E-state index contributed by atoms with van der Waals surface area (Å²) in [5.74, 6) is -1.75. The van der Waals surface area contributed by atoms with Crippen LogP contribution in [0.5, 0.6) is 11.8 Å². The van der Waals surface area contributed by atoms with Crippen molar-refractivity contribution in [2.75, 3.05) is 20.1 Å². The van der Waals surface area contributed by atoms with Gasteiger partial charge in [0.2, 0.25) is 23.5 Å². The predicted octanol–water partition coefficient (Wildman–Crippen LogP) is 4.78. The Morgan fingerprint density at radius 2 is 1.96 bits per heavy atom. The van der Waals surface area contributed by atoms with Crippen LogP contribution in [0, 0.1) is 23.0 Å². The summed E-state index contributed by atoms with van der Waals surface area (Å²) in [6.07, 6.45) is 0.637. The highest BCUT2D eigenvalue weighted by Gasteiger charge is 2.37. The van der Waals surface area contributed by atoms with Crippen LogP contribution < -0.4 is 9.47 Å². The number of carbonyl (C=O) groups excluding carboxylic acids is 1. The number of halogens is 3. The molecular formula is C32H36F3N7O4. The Kier molecular flexibility index (Phi) is 9.62. The van der Waals surface area contributed by atoms with Crippen LogP contribution in [0.25, 0.3) is 11.7 Å². The third-order valence-corrected chi connectivity index (χ3v) is 8.58. The Morgan fingerprint density at radius 1 is 1.24 bits per heavy atom. The van der Waals surface area contributed by atoms with Gasteiger partial charge in [0.1, 0.15) is 30.0 Å². The summed E-state index contributed by atoms with van der Waals surface area (Å²) in [5.41, 5.74) is -1.54. The fraction of sp³-hybridized carbons (Fsp3) is 0.500. The van der Waals surface area contributed by atoms with Crippen LogP contribution in [0.2, 0.25) is 0 Å². The zero-order valence-electron chi connectivity index (χ0n) is 26.1. The standard InChI is InChI=1S/C32H36F3N7O4/c1-6-27(43)42-13-11-21(15-20(42)10-12-36)45-26-16-25(44-18(2)24-14-19(33)17-41(24)5)37-29(38-26)30-39-31(40-46-30)32(3,4)28-22(34)8-7-9-23(28)35/h6-9,16,18-21,24H,1,10-11,13-15,17H2,2-5H3/t18-,19+,20+,21-,24-/m0/s1. The normalized spacial score (nSPS) is 22.7. The predicted molar refractivity (Wildman–Crippen MR) is 159 cm³/mol. The van der Waals surface area contributed by atoms with Crippen molar-refractivity contribution >= 4 is 5.91 Å². The monoisotopic (exact) mass is 639 g/mol. The maximum absolute atomic E-state index is 14.7. The van der Waals surface area contributed by atoms with E-state index in [-0.39, 0.29) is 59.3 Å². The molecule has 0 spiro atoms. The molecule has 0 bridgehead atoms. The van der Waals surface area contributed by atoms with Gasteiger partial charge in [-0.3, -0.25) is 9.69 Å². The molecule has 5 rings (SSSR count). The van der Waals surface area contributed by atoms with Crippen molar-refractivity contribution in [2.45, 2.75) is 82.3 Å². The summed E-state index contributed by atoms with van der Waals surface area (Å²) in [7, 11) is 1.82. The molecule has 2 fully saturated rings. The number of amides is 1. The molecule has 0 aliphatic carbocycles. The lowest BCUT2D eigenvalue weighted by Crippen LogP contribution is -2.48. The van der Waals surface area contributed by atoms with Crippen molar-refractivity contribution in [2.24, 2.45) is 0 Å². The second-order valence-electron chi connectivity index (χ2n) is 12.2. The lowest BCUT2D eigenvalue weighted by atomic mass is 9.83. The third-order valence-electron chi connectivity index (χ3n) is 8.58. The quantitative estimate of drug-likeness (QED) is 0.286.